The monoisotopic (exact) mass is 504 g/mol. The first-order valence-corrected chi connectivity index (χ1v) is 9.84. The molecule has 4 aromatic rings. The Labute approximate surface area is 176 Å². The van der Waals surface area contributed by atoms with Crippen LogP contribution in [0.25, 0.3) is 22.6 Å². The fourth-order valence-electron chi connectivity index (χ4n) is 2.57. The van der Waals surface area contributed by atoms with Crippen LogP contribution in [-0.4, -0.2) is 16.3 Å². The molecule has 0 saturated heterocycles. The average Bonchev–Trinajstić information content (AvgIpc) is 3.07. The molecule has 0 saturated carbocycles. The van der Waals surface area contributed by atoms with Crippen molar-refractivity contribution in [3.05, 3.63) is 74.1 Å². The fraction of sp³-hybridized carbons (Fsp3) is 0. The van der Waals surface area contributed by atoms with E-state index >= 15 is 0 Å². The number of nitrogens with zero attached hydrogens (tertiary/aromatic N) is 2. The Bertz CT molecular complexity index is 1190. The Morgan fingerprint density at radius 1 is 1.04 bits per heavy atom. The number of fused-ring (bicyclic) bond motifs is 1. The predicted octanol–water partition coefficient (Wildman–Crippen LogP) is 7.13. The van der Waals surface area contributed by atoms with E-state index in [9.17, 15) is 5.11 Å². The van der Waals surface area contributed by atoms with Crippen molar-refractivity contribution in [2.45, 2.75) is 0 Å². The van der Waals surface area contributed by atoms with Crippen LogP contribution in [-0.2, 0) is 0 Å². The predicted molar refractivity (Wildman–Crippen MR) is 115 cm³/mol. The molecular formula is C20H11Br2ClN2O2. The largest absolute Gasteiger partial charge is 0.506 e. The smallest absolute Gasteiger partial charge is 0.227 e. The van der Waals surface area contributed by atoms with Gasteiger partial charge in [0, 0.05) is 26.3 Å². The number of benzene rings is 3. The van der Waals surface area contributed by atoms with Gasteiger partial charge in [0.1, 0.15) is 11.3 Å². The van der Waals surface area contributed by atoms with Crippen LogP contribution in [0, 0.1) is 0 Å². The second-order valence-electron chi connectivity index (χ2n) is 5.77. The first kappa shape index (κ1) is 18.2. The van der Waals surface area contributed by atoms with E-state index in [1.54, 1.807) is 18.3 Å². The van der Waals surface area contributed by atoms with E-state index in [0.29, 0.717) is 28.2 Å². The molecule has 3 aromatic carbocycles. The fourth-order valence-corrected chi connectivity index (χ4v) is 3.80. The third kappa shape index (κ3) is 3.93. The maximum absolute atomic E-state index is 10.0. The summed E-state index contributed by atoms with van der Waals surface area (Å²) in [6.07, 6.45) is 1.56. The van der Waals surface area contributed by atoms with Crippen LogP contribution in [0.3, 0.4) is 0 Å². The summed E-state index contributed by atoms with van der Waals surface area (Å²) in [5.74, 6) is 0.534. The van der Waals surface area contributed by atoms with Gasteiger partial charge >= 0.3 is 0 Å². The van der Waals surface area contributed by atoms with Gasteiger partial charge in [0.2, 0.25) is 5.89 Å². The third-order valence-electron chi connectivity index (χ3n) is 3.85. The summed E-state index contributed by atoms with van der Waals surface area (Å²) >= 11 is 12.8. The van der Waals surface area contributed by atoms with Gasteiger partial charge in [0.05, 0.1) is 10.7 Å². The molecule has 1 aromatic heterocycles. The molecule has 4 rings (SSSR count). The number of phenolic OH excluding ortho intramolecular Hbond substituents is 1. The summed E-state index contributed by atoms with van der Waals surface area (Å²) < 4.78 is 7.55. The number of hydrogen-bond donors (Lipinski definition) is 1. The van der Waals surface area contributed by atoms with Gasteiger partial charge in [-0.3, -0.25) is 4.99 Å². The lowest BCUT2D eigenvalue weighted by Crippen LogP contribution is -1.84. The van der Waals surface area contributed by atoms with Crippen molar-refractivity contribution in [2.24, 2.45) is 4.99 Å². The lowest BCUT2D eigenvalue weighted by Gasteiger charge is -2.02. The van der Waals surface area contributed by atoms with Crippen molar-refractivity contribution in [3.63, 3.8) is 0 Å². The molecule has 0 aliphatic carbocycles. The molecule has 27 heavy (non-hydrogen) atoms. The quantitative estimate of drug-likeness (QED) is 0.301. The highest BCUT2D eigenvalue weighted by Gasteiger charge is 2.09. The highest BCUT2D eigenvalue weighted by Crippen LogP contribution is 2.31. The van der Waals surface area contributed by atoms with Crippen molar-refractivity contribution in [1.82, 2.24) is 4.98 Å². The Balaban J connectivity index is 1.68. The highest BCUT2D eigenvalue weighted by molar-refractivity contribution is 9.10. The summed E-state index contributed by atoms with van der Waals surface area (Å²) in [7, 11) is 0. The van der Waals surface area contributed by atoms with E-state index in [0.717, 1.165) is 14.5 Å². The van der Waals surface area contributed by atoms with Gasteiger partial charge in [0.15, 0.2) is 5.58 Å². The summed E-state index contributed by atoms with van der Waals surface area (Å²) in [5, 5.41) is 10.3. The Morgan fingerprint density at radius 2 is 1.89 bits per heavy atom. The number of oxazole rings is 1. The maximum atomic E-state index is 10.0. The van der Waals surface area contributed by atoms with Gasteiger partial charge < -0.3 is 9.52 Å². The van der Waals surface area contributed by atoms with E-state index in [1.165, 1.54) is 0 Å². The van der Waals surface area contributed by atoms with Gasteiger partial charge in [-0.2, -0.15) is 0 Å². The van der Waals surface area contributed by atoms with Gasteiger partial charge in [-0.05, 0) is 48.5 Å². The summed E-state index contributed by atoms with van der Waals surface area (Å²) in [4.78, 5) is 8.96. The van der Waals surface area contributed by atoms with Crippen LogP contribution in [0.5, 0.6) is 5.75 Å². The molecule has 0 atom stereocenters. The van der Waals surface area contributed by atoms with Gasteiger partial charge in [-0.1, -0.05) is 49.5 Å². The van der Waals surface area contributed by atoms with E-state index < -0.39 is 0 Å². The van der Waals surface area contributed by atoms with Crippen LogP contribution in [0.4, 0.5) is 5.69 Å². The number of phenols is 1. The molecule has 0 bridgehead atoms. The standard InChI is InChI=1S/C20H11Br2ClN2O2/c21-13-3-1-2-11(6-13)20-25-17-9-15(4-5-18(17)27-20)24-10-12-7-14(22)8-16(23)19(12)26/h1-10,26H. The van der Waals surface area contributed by atoms with Crippen LogP contribution < -0.4 is 0 Å². The number of hydrogen-bond acceptors (Lipinski definition) is 4. The SMILES string of the molecule is Oc1c(Cl)cc(Br)cc1C=Nc1ccc2oc(-c3cccc(Br)c3)nc2c1. The zero-order valence-corrected chi connectivity index (χ0v) is 17.6. The topological polar surface area (TPSA) is 58.6 Å². The minimum Gasteiger partial charge on any atom is -0.506 e. The molecule has 7 heteroatoms. The number of halogens is 3. The molecule has 4 nitrogen and oxygen atoms in total. The minimum atomic E-state index is -0.0110. The van der Waals surface area contributed by atoms with Gasteiger partial charge in [0.25, 0.3) is 0 Å². The molecule has 0 aliphatic rings. The number of aromatic hydroxyl groups is 1. The zero-order valence-electron chi connectivity index (χ0n) is 13.7. The van der Waals surface area contributed by atoms with Crippen LogP contribution in [0.1, 0.15) is 5.56 Å². The van der Waals surface area contributed by atoms with Crippen molar-refractivity contribution in [1.29, 1.82) is 0 Å². The van der Waals surface area contributed by atoms with E-state index in [1.807, 2.05) is 42.5 Å². The second kappa shape index (κ2) is 7.46. The number of rotatable bonds is 3. The Hall–Kier alpha value is -2.15. The number of aromatic nitrogens is 1. The molecule has 0 fully saturated rings. The maximum Gasteiger partial charge on any atom is 0.227 e. The molecule has 0 unspecified atom stereocenters. The number of aliphatic imine (C=N–C) groups is 1. The first-order chi connectivity index (χ1) is 13.0. The van der Waals surface area contributed by atoms with Gasteiger partial charge in [-0.25, -0.2) is 4.98 Å². The Kier molecular flexibility index (Phi) is 5.04. The van der Waals surface area contributed by atoms with E-state index in [-0.39, 0.29) is 10.8 Å². The molecule has 0 amide bonds. The molecular weight excluding hydrogens is 495 g/mol. The summed E-state index contributed by atoms with van der Waals surface area (Å²) in [6.45, 7) is 0. The normalized spacial score (nSPS) is 11.5. The van der Waals surface area contributed by atoms with Crippen molar-refractivity contribution < 1.29 is 9.52 Å². The van der Waals surface area contributed by atoms with Crippen molar-refractivity contribution >= 4 is 66.5 Å². The highest BCUT2D eigenvalue weighted by atomic mass is 79.9. The lowest BCUT2D eigenvalue weighted by molar-refractivity contribution is 0.474. The molecule has 0 aliphatic heterocycles. The Morgan fingerprint density at radius 3 is 2.70 bits per heavy atom. The summed E-state index contributed by atoms with van der Waals surface area (Å²) in [6, 6.07) is 16.6. The molecule has 0 spiro atoms. The van der Waals surface area contributed by atoms with Crippen LogP contribution in [0.2, 0.25) is 5.02 Å². The molecule has 1 N–H and O–H groups in total. The molecule has 0 radical (unpaired) electrons. The van der Waals surface area contributed by atoms with Gasteiger partial charge in [-0.15, -0.1) is 0 Å². The summed E-state index contributed by atoms with van der Waals surface area (Å²) in [5.41, 5.74) is 3.48. The average molecular weight is 507 g/mol. The lowest BCUT2D eigenvalue weighted by atomic mass is 10.2. The zero-order chi connectivity index (χ0) is 19.0. The molecule has 134 valence electrons. The van der Waals surface area contributed by atoms with E-state index in [2.05, 4.69) is 41.8 Å². The first-order valence-electron chi connectivity index (χ1n) is 7.88. The molecule has 1 heterocycles. The van der Waals surface area contributed by atoms with Crippen molar-refractivity contribution in [3.8, 4) is 17.2 Å². The minimum absolute atomic E-state index is 0.0110. The van der Waals surface area contributed by atoms with Crippen LogP contribution in [0.15, 0.2) is 73.0 Å². The van der Waals surface area contributed by atoms with Crippen LogP contribution >= 0.6 is 43.5 Å². The second-order valence-corrected chi connectivity index (χ2v) is 8.00. The third-order valence-corrected chi connectivity index (χ3v) is 5.09. The van der Waals surface area contributed by atoms with Crippen molar-refractivity contribution in [2.75, 3.05) is 0 Å². The van der Waals surface area contributed by atoms with E-state index in [4.69, 9.17) is 16.0 Å².